The second kappa shape index (κ2) is 11.0. The fourth-order valence-corrected chi connectivity index (χ4v) is 5.32. The second-order valence-electron chi connectivity index (χ2n) is 9.49. The molecule has 0 aromatic heterocycles. The zero-order chi connectivity index (χ0) is 19.0. The molecule has 154 valence electrons. The van der Waals surface area contributed by atoms with Gasteiger partial charge in [0.05, 0.1) is 6.10 Å². The van der Waals surface area contributed by atoms with E-state index in [1.807, 2.05) is 7.11 Å². The summed E-state index contributed by atoms with van der Waals surface area (Å²) in [6.45, 7) is 14.7. The Labute approximate surface area is 163 Å². The van der Waals surface area contributed by atoms with Gasteiger partial charge in [0.1, 0.15) is 0 Å². The number of hydrogen-bond acceptors (Lipinski definition) is 3. The van der Waals surface area contributed by atoms with Crippen molar-refractivity contribution in [3.05, 3.63) is 0 Å². The molecule has 1 saturated carbocycles. The number of ether oxygens (including phenoxy) is 1. The third-order valence-electron chi connectivity index (χ3n) is 7.13. The molecule has 0 radical (unpaired) electrons. The molecule has 0 aromatic rings. The molecule has 1 saturated heterocycles. The molecule has 0 N–H and O–H groups in total. The van der Waals surface area contributed by atoms with E-state index in [9.17, 15) is 0 Å². The quantitative estimate of drug-likeness (QED) is 0.486. The van der Waals surface area contributed by atoms with Crippen LogP contribution in [-0.2, 0) is 4.74 Å². The predicted molar refractivity (Wildman–Crippen MR) is 113 cm³/mol. The van der Waals surface area contributed by atoms with Gasteiger partial charge in [0.25, 0.3) is 0 Å². The third kappa shape index (κ3) is 6.49. The molecule has 26 heavy (non-hydrogen) atoms. The number of rotatable bonds is 10. The molecule has 1 heterocycles. The van der Waals surface area contributed by atoms with Gasteiger partial charge in [0.15, 0.2) is 0 Å². The summed E-state index contributed by atoms with van der Waals surface area (Å²) in [5.41, 5.74) is 0.329. The van der Waals surface area contributed by atoms with Crippen molar-refractivity contribution >= 4 is 0 Å². The summed E-state index contributed by atoms with van der Waals surface area (Å²) >= 11 is 0. The van der Waals surface area contributed by atoms with E-state index in [0.717, 1.165) is 12.0 Å². The predicted octanol–water partition coefficient (Wildman–Crippen LogP) is 5.34. The van der Waals surface area contributed by atoms with E-state index in [4.69, 9.17) is 4.74 Å². The van der Waals surface area contributed by atoms with Crippen LogP contribution in [0.4, 0.5) is 0 Å². The number of unbranched alkanes of at least 4 members (excludes halogenated alkanes) is 1. The molecule has 2 rings (SSSR count). The smallest absolute Gasteiger partial charge is 0.0571 e. The lowest BCUT2D eigenvalue weighted by Gasteiger charge is -2.49. The normalized spacial score (nSPS) is 29.0. The van der Waals surface area contributed by atoms with Crippen molar-refractivity contribution in [3.63, 3.8) is 0 Å². The summed E-state index contributed by atoms with van der Waals surface area (Å²) in [5, 5.41) is 0. The van der Waals surface area contributed by atoms with Crippen molar-refractivity contribution in [2.24, 2.45) is 5.92 Å². The maximum Gasteiger partial charge on any atom is 0.0571 e. The average molecular weight is 367 g/mol. The summed E-state index contributed by atoms with van der Waals surface area (Å²) < 4.78 is 5.51. The van der Waals surface area contributed by atoms with E-state index in [1.165, 1.54) is 90.4 Å². The van der Waals surface area contributed by atoms with Crippen molar-refractivity contribution in [2.75, 3.05) is 33.3 Å². The average Bonchev–Trinajstić information content (AvgIpc) is 2.64. The first-order valence-corrected chi connectivity index (χ1v) is 11.5. The molecule has 1 aliphatic carbocycles. The minimum Gasteiger partial charge on any atom is -0.381 e. The van der Waals surface area contributed by atoms with Crippen LogP contribution in [0.25, 0.3) is 0 Å². The first kappa shape index (κ1) is 22.2. The van der Waals surface area contributed by atoms with Gasteiger partial charge in [-0.25, -0.2) is 0 Å². The maximum absolute atomic E-state index is 5.51. The number of methoxy groups -OCH3 is 1. The van der Waals surface area contributed by atoms with Crippen LogP contribution >= 0.6 is 0 Å². The fraction of sp³-hybridized carbons (Fsp3) is 1.00. The van der Waals surface area contributed by atoms with Gasteiger partial charge < -0.3 is 4.74 Å². The summed E-state index contributed by atoms with van der Waals surface area (Å²) in [6, 6.07) is 0.795. The Morgan fingerprint density at radius 3 is 2.35 bits per heavy atom. The van der Waals surface area contributed by atoms with Crippen molar-refractivity contribution in [2.45, 2.75) is 110 Å². The minimum atomic E-state index is 0.329. The highest BCUT2D eigenvalue weighted by molar-refractivity contribution is 4.92. The molecule has 0 aromatic carbocycles. The number of piperazine rings is 1. The molecular formula is C23H46N2O. The Hall–Kier alpha value is -0.120. The molecule has 0 amide bonds. The molecule has 0 bridgehead atoms. The van der Waals surface area contributed by atoms with Crippen molar-refractivity contribution in [1.29, 1.82) is 0 Å². The lowest BCUT2D eigenvalue weighted by atomic mass is 9.84. The van der Waals surface area contributed by atoms with Crippen LogP contribution in [0.15, 0.2) is 0 Å². The summed E-state index contributed by atoms with van der Waals surface area (Å²) in [7, 11) is 1.87. The molecule has 0 spiro atoms. The van der Waals surface area contributed by atoms with E-state index in [2.05, 4.69) is 37.5 Å². The standard InChI is InChI=1S/C23H46N2O/c1-6-10-21(7-2)24-17-18-25(23(3,4)19-24)16-9-8-11-20-12-14-22(26-5)15-13-20/h20-22H,6-19H2,1-5H3. The van der Waals surface area contributed by atoms with Crippen molar-refractivity contribution in [1.82, 2.24) is 9.80 Å². The van der Waals surface area contributed by atoms with Crippen LogP contribution in [0.2, 0.25) is 0 Å². The summed E-state index contributed by atoms with van der Waals surface area (Å²) in [4.78, 5) is 5.54. The molecule has 3 heteroatoms. The van der Waals surface area contributed by atoms with Gasteiger partial charge in [-0.2, -0.15) is 0 Å². The third-order valence-corrected chi connectivity index (χ3v) is 7.13. The Morgan fingerprint density at radius 2 is 1.77 bits per heavy atom. The second-order valence-corrected chi connectivity index (χ2v) is 9.49. The highest BCUT2D eigenvalue weighted by Crippen LogP contribution is 2.30. The van der Waals surface area contributed by atoms with Gasteiger partial charge in [-0.1, -0.05) is 33.1 Å². The zero-order valence-electron chi connectivity index (χ0n) is 18.4. The maximum atomic E-state index is 5.51. The van der Waals surface area contributed by atoms with Crippen LogP contribution in [0, 0.1) is 5.92 Å². The first-order valence-electron chi connectivity index (χ1n) is 11.5. The largest absolute Gasteiger partial charge is 0.381 e. The van der Waals surface area contributed by atoms with E-state index in [0.29, 0.717) is 11.6 Å². The highest BCUT2D eigenvalue weighted by Gasteiger charge is 2.35. The van der Waals surface area contributed by atoms with Gasteiger partial charge in [0, 0.05) is 38.3 Å². The lowest BCUT2D eigenvalue weighted by Crippen LogP contribution is -2.61. The van der Waals surface area contributed by atoms with Gasteiger partial charge in [0.2, 0.25) is 0 Å². The van der Waals surface area contributed by atoms with Gasteiger partial charge in [-0.3, -0.25) is 9.80 Å². The van der Waals surface area contributed by atoms with E-state index >= 15 is 0 Å². The number of hydrogen-bond donors (Lipinski definition) is 0. The Balaban J connectivity index is 1.67. The Kier molecular flexibility index (Phi) is 9.40. The van der Waals surface area contributed by atoms with E-state index in [-0.39, 0.29) is 0 Å². The van der Waals surface area contributed by atoms with Gasteiger partial charge in [-0.15, -0.1) is 0 Å². The van der Waals surface area contributed by atoms with Crippen LogP contribution in [0.1, 0.15) is 91.9 Å². The molecule has 2 fully saturated rings. The first-order chi connectivity index (χ1) is 12.5. The zero-order valence-corrected chi connectivity index (χ0v) is 18.4. The van der Waals surface area contributed by atoms with Crippen LogP contribution < -0.4 is 0 Å². The summed E-state index contributed by atoms with van der Waals surface area (Å²) in [5.74, 6) is 0.964. The summed E-state index contributed by atoms with van der Waals surface area (Å²) in [6.07, 6.45) is 14.1. The minimum absolute atomic E-state index is 0.329. The lowest BCUT2D eigenvalue weighted by molar-refractivity contribution is -0.00403. The van der Waals surface area contributed by atoms with Gasteiger partial charge >= 0.3 is 0 Å². The van der Waals surface area contributed by atoms with Crippen LogP contribution in [0.5, 0.6) is 0 Å². The SMILES string of the molecule is CCCC(CC)N1CCN(CCCCC2CCC(OC)CC2)C(C)(C)C1. The Morgan fingerprint density at radius 1 is 1.04 bits per heavy atom. The van der Waals surface area contributed by atoms with Crippen molar-refractivity contribution < 1.29 is 4.74 Å². The van der Waals surface area contributed by atoms with Crippen molar-refractivity contribution in [3.8, 4) is 0 Å². The molecule has 2 aliphatic rings. The molecule has 1 aliphatic heterocycles. The highest BCUT2D eigenvalue weighted by atomic mass is 16.5. The molecule has 1 unspecified atom stereocenters. The fourth-order valence-electron chi connectivity index (χ4n) is 5.32. The van der Waals surface area contributed by atoms with E-state index in [1.54, 1.807) is 0 Å². The molecule has 1 atom stereocenters. The Bertz CT molecular complexity index is 376. The molecular weight excluding hydrogens is 320 g/mol. The monoisotopic (exact) mass is 366 g/mol. The van der Waals surface area contributed by atoms with Crippen LogP contribution in [-0.4, -0.2) is 60.8 Å². The van der Waals surface area contributed by atoms with E-state index < -0.39 is 0 Å². The topological polar surface area (TPSA) is 15.7 Å². The molecule has 3 nitrogen and oxygen atoms in total. The number of nitrogens with zero attached hydrogens (tertiary/aromatic N) is 2. The van der Waals surface area contributed by atoms with Gasteiger partial charge in [-0.05, 0) is 71.3 Å². The van der Waals surface area contributed by atoms with Crippen LogP contribution in [0.3, 0.4) is 0 Å².